The molecular formula is C13H14N2O2. The molecule has 0 spiro atoms. The van der Waals surface area contributed by atoms with E-state index >= 15 is 0 Å². The average Bonchev–Trinajstić information content (AvgIpc) is 2.90. The van der Waals surface area contributed by atoms with Crippen LogP contribution in [-0.4, -0.2) is 5.91 Å². The van der Waals surface area contributed by atoms with Crippen LogP contribution in [0.4, 0.5) is 0 Å². The molecule has 0 aliphatic rings. The number of furan rings is 1. The molecule has 2 rings (SSSR count). The van der Waals surface area contributed by atoms with Gasteiger partial charge in [-0.25, -0.2) is 5.84 Å². The van der Waals surface area contributed by atoms with Crippen LogP contribution in [-0.2, 0) is 4.79 Å². The Kier molecular flexibility index (Phi) is 3.57. The van der Waals surface area contributed by atoms with E-state index in [1.165, 1.54) is 0 Å². The van der Waals surface area contributed by atoms with Gasteiger partial charge in [0.15, 0.2) is 0 Å². The van der Waals surface area contributed by atoms with Crippen LogP contribution in [0.5, 0.6) is 0 Å². The number of carbonyl (C=O) groups excluding carboxylic acids is 1. The third kappa shape index (κ3) is 2.73. The normalized spacial score (nSPS) is 12.1. The molecular weight excluding hydrogens is 216 g/mol. The molecule has 1 aromatic carbocycles. The molecule has 17 heavy (non-hydrogen) atoms. The first kappa shape index (κ1) is 11.4. The summed E-state index contributed by atoms with van der Waals surface area (Å²) < 4.78 is 5.37. The summed E-state index contributed by atoms with van der Waals surface area (Å²) in [5.74, 6) is 5.57. The molecule has 4 nitrogen and oxygen atoms in total. The van der Waals surface area contributed by atoms with Crippen molar-refractivity contribution in [2.75, 3.05) is 0 Å². The van der Waals surface area contributed by atoms with Crippen LogP contribution in [0.15, 0.2) is 53.1 Å². The van der Waals surface area contributed by atoms with Gasteiger partial charge in [0, 0.05) is 6.42 Å². The number of hydrogen-bond acceptors (Lipinski definition) is 3. The maximum absolute atomic E-state index is 11.4. The molecule has 1 amide bonds. The van der Waals surface area contributed by atoms with Crippen LogP contribution in [0.3, 0.4) is 0 Å². The maximum atomic E-state index is 11.4. The quantitative estimate of drug-likeness (QED) is 0.478. The number of benzene rings is 1. The average molecular weight is 230 g/mol. The Morgan fingerprint density at radius 1 is 1.24 bits per heavy atom. The van der Waals surface area contributed by atoms with Crippen molar-refractivity contribution in [2.45, 2.75) is 12.3 Å². The number of amides is 1. The predicted molar refractivity (Wildman–Crippen MR) is 63.9 cm³/mol. The van der Waals surface area contributed by atoms with Gasteiger partial charge in [-0.15, -0.1) is 0 Å². The minimum atomic E-state index is -0.213. The molecule has 4 heteroatoms. The SMILES string of the molecule is NNC(=O)CC(c1ccccc1)c1ccco1. The van der Waals surface area contributed by atoms with Gasteiger partial charge in [-0.3, -0.25) is 10.2 Å². The lowest BCUT2D eigenvalue weighted by Gasteiger charge is -2.13. The lowest BCUT2D eigenvalue weighted by molar-refractivity contribution is -0.121. The van der Waals surface area contributed by atoms with Gasteiger partial charge in [0.2, 0.25) is 5.91 Å². The van der Waals surface area contributed by atoms with Crippen LogP contribution in [0.1, 0.15) is 23.7 Å². The first-order chi connectivity index (χ1) is 8.31. The van der Waals surface area contributed by atoms with E-state index in [0.29, 0.717) is 0 Å². The predicted octanol–water partition coefficient (Wildman–Crippen LogP) is 1.79. The van der Waals surface area contributed by atoms with Gasteiger partial charge in [0.25, 0.3) is 0 Å². The second-order valence-electron chi connectivity index (χ2n) is 3.75. The highest BCUT2D eigenvalue weighted by atomic mass is 16.3. The van der Waals surface area contributed by atoms with E-state index in [2.05, 4.69) is 5.43 Å². The summed E-state index contributed by atoms with van der Waals surface area (Å²) in [5.41, 5.74) is 3.18. The van der Waals surface area contributed by atoms with Crippen molar-refractivity contribution in [3.05, 3.63) is 60.1 Å². The third-order valence-corrected chi connectivity index (χ3v) is 2.64. The van der Waals surface area contributed by atoms with Crippen molar-refractivity contribution in [3.63, 3.8) is 0 Å². The highest BCUT2D eigenvalue weighted by Gasteiger charge is 2.19. The van der Waals surface area contributed by atoms with E-state index in [1.54, 1.807) is 6.26 Å². The second-order valence-corrected chi connectivity index (χ2v) is 3.75. The third-order valence-electron chi connectivity index (χ3n) is 2.64. The topological polar surface area (TPSA) is 68.3 Å². The number of nitrogens with one attached hydrogen (secondary N) is 1. The van der Waals surface area contributed by atoms with Gasteiger partial charge in [-0.05, 0) is 17.7 Å². The summed E-state index contributed by atoms with van der Waals surface area (Å²) in [5, 5.41) is 0. The molecule has 2 aromatic rings. The molecule has 0 radical (unpaired) electrons. The van der Waals surface area contributed by atoms with Crippen LogP contribution in [0.25, 0.3) is 0 Å². The summed E-state index contributed by atoms with van der Waals surface area (Å²) in [4.78, 5) is 11.4. The summed E-state index contributed by atoms with van der Waals surface area (Å²) >= 11 is 0. The van der Waals surface area contributed by atoms with E-state index in [1.807, 2.05) is 42.5 Å². The smallest absolute Gasteiger partial charge is 0.234 e. The van der Waals surface area contributed by atoms with Gasteiger partial charge >= 0.3 is 0 Å². The Morgan fingerprint density at radius 3 is 2.59 bits per heavy atom. The molecule has 0 aliphatic carbocycles. The molecule has 0 saturated heterocycles. The molecule has 0 bridgehead atoms. The van der Waals surface area contributed by atoms with E-state index in [9.17, 15) is 4.79 Å². The van der Waals surface area contributed by atoms with Gasteiger partial charge < -0.3 is 4.42 Å². The zero-order chi connectivity index (χ0) is 12.1. The van der Waals surface area contributed by atoms with Gasteiger partial charge in [0.1, 0.15) is 5.76 Å². The monoisotopic (exact) mass is 230 g/mol. The fourth-order valence-electron chi connectivity index (χ4n) is 1.80. The van der Waals surface area contributed by atoms with Crippen molar-refractivity contribution in [2.24, 2.45) is 5.84 Å². The Morgan fingerprint density at radius 2 is 2.00 bits per heavy atom. The van der Waals surface area contributed by atoms with E-state index in [-0.39, 0.29) is 18.2 Å². The summed E-state index contributed by atoms with van der Waals surface area (Å²) in [7, 11) is 0. The van der Waals surface area contributed by atoms with Crippen LogP contribution < -0.4 is 11.3 Å². The standard InChI is InChI=1S/C13H14N2O2/c14-15-13(16)9-11(12-7-4-8-17-12)10-5-2-1-3-6-10/h1-8,11H,9,14H2,(H,15,16). The number of hydrazine groups is 1. The lowest BCUT2D eigenvalue weighted by atomic mass is 9.93. The van der Waals surface area contributed by atoms with Crippen molar-refractivity contribution in [3.8, 4) is 0 Å². The van der Waals surface area contributed by atoms with Gasteiger partial charge in [-0.2, -0.15) is 0 Å². The number of hydrogen-bond donors (Lipinski definition) is 2. The van der Waals surface area contributed by atoms with E-state index < -0.39 is 0 Å². The van der Waals surface area contributed by atoms with Crippen LogP contribution in [0, 0.1) is 0 Å². The molecule has 3 N–H and O–H groups in total. The molecule has 0 saturated carbocycles. The minimum Gasteiger partial charge on any atom is -0.469 e. The number of rotatable bonds is 4. The fourth-order valence-corrected chi connectivity index (χ4v) is 1.80. The van der Waals surface area contributed by atoms with E-state index in [4.69, 9.17) is 10.3 Å². The zero-order valence-electron chi connectivity index (χ0n) is 9.30. The van der Waals surface area contributed by atoms with Crippen molar-refractivity contribution in [1.82, 2.24) is 5.43 Å². The van der Waals surface area contributed by atoms with Crippen molar-refractivity contribution >= 4 is 5.91 Å². The summed E-state index contributed by atoms with van der Waals surface area (Å²) in [6, 6.07) is 13.4. The first-order valence-corrected chi connectivity index (χ1v) is 5.39. The summed E-state index contributed by atoms with van der Waals surface area (Å²) in [6.45, 7) is 0. The largest absolute Gasteiger partial charge is 0.469 e. The fraction of sp³-hybridized carbons (Fsp3) is 0.154. The molecule has 0 fully saturated rings. The van der Waals surface area contributed by atoms with Gasteiger partial charge in [0.05, 0.1) is 12.2 Å². The lowest BCUT2D eigenvalue weighted by Crippen LogP contribution is -2.31. The molecule has 88 valence electrons. The molecule has 1 aromatic heterocycles. The maximum Gasteiger partial charge on any atom is 0.234 e. The van der Waals surface area contributed by atoms with Crippen molar-refractivity contribution in [1.29, 1.82) is 0 Å². The number of nitrogens with two attached hydrogens (primary N) is 1. The minimum absolute atomic E-state index is 0.102. The highest BCUT2D eigenvalue weighted by molar-refractivity contribution is 5.76. The Bertz CT molecular complexity index is 465. The van der Waals surface area contributed by atoms with Crippen LogP contribution in [0.2, 0.25) is 0 Å². The number of carbonyl (C=O) groups is 1. The Labute approximate surface area is 99.4 Å². The van der Waals surface area contributed by atoms with Crippen LogP contribution >= 0.6 is 0 Å². The van der Waals surface area contributed by atoms with Gasteiger partial charge in [-0.1, -0.05) is 30.3 Å². The molecule has 1 atom stereocenters. The molecule has 1 heterocycles. The second kappa shape index (κ2) is 5.32. The van der Waals surface area contributed by atoms with Crippen molar-refractivity contribution < 1.29 is 9.21 Å². The Hall–Kier alpha value is -2.07. The summed E-state index contributed by atoms with van der Waals surface area (Å²) in [6.07, 6.45) is 1.87. The zero-order valence-corrected chi connectivity index (χ0v) is 9.30. The first-order valence-electron chi connectivity index (χ1n) is 5.39. The molecule has 1 unspecified atom stereocenters. The highest BCUT2D eigenvalue weighted by Crippen LogP contribution is 2.27. The molecule has 0 aliphatic heterocycles. The van der Waals surface area contributed by atoms with E-state index in [0.717, 1.165) is 11.3 Å². The Balaban J connectivity index is 2.28.